The molecule has 2 saturated carbocycles. The van der Waals surface area contributed by atoms with Crippen LogP contribution in [-0.2, 0) is 14.3 Å². The fourth-order valence-electron chi connectivity index (χ4n) is 6.63. The fraction of sp³-hybridized carbons (Fsp3) is 0.679. The van der Waals surface area contributed by atoms with E-state index in [1.54, 1.807) is 6.07 Å². The number of hydrogen-bond donors (Lipinski definition) is 0. The Hall–Kier alpha value is -2.17. The molecule has 33 heavy (non-hydrogen) atoms. The van der Waals surface area contributed by atoms with E-state index in [-0.39, 0.29) is 29.2 Å². The molecule has 0 aliphatic heterocycles. The van der Waals surface area contributed by atoms with Crippen molar-refractivity contribution >= 4 is 17.7 Å². The van der Waals surface area contributed by atoms with Gasteiger partial charge in [0, 0.05) is 30.2 Å². The Morgan fingerprint density at radius 1 is 1.03 bits per heavy atom. The van der Waals surface area contributed by atoms with Crippen molar-refractivity contribution in [2.45, 2.75) is 103 Å². The van der Waals surface area contributed by atoms with Crippen molar-refractivity contribution in [3.05, 3.63) is 29.3 Å². The first-order chi connectivity index (χ1) is 15.9. The highest BCUT2D eigenvalue weighted by Gasteiger charge is 2.57. The van der Waals surface area contributed by atoms with E-state index in [0.29, 0.717) is 42.8 Å². The number of Topliss-reactive ketones (excluding diaryl/α,β-unsaturated/α-hetero) is 1. The summed E-state index contributed by atoms with van der Waals surface area (Å²) in [5, 5.41) is 0. The zero-order valence-electron chi connectivity index (χ0n) is 20.4. The Morgan fingerprint density at radius 3 is 2.48 bits per heavy atom. The van der Waals surface area contributed by atoms with Gasteiger partial charge in [-0.3, -0.25) is 14.4 Å². The van der Waals surface area contributed by atoms with Crippen molar-refractivity contribution in [3.63, 3.8) is 0 Å². The summed E-state index contributed by atoms with van der Waals surface area (Å²) in [6, 6.07) is 5.63. The van der Waals surface area contributed by atoms with Gasteiger partial charge < -0.3 is 9.47 Å². The maximum absolute atomic E-state index is 13.2. The summed E-state index contributed by atoms with van der Waals surface area (Å²) in [6.45, 7) is 6.40. The number of rotatable bonds is 8. The lowest BCUT2D eigenvalue weighted by atomic mass is 9.55. The van der Waals surface area contributed by atoms with Crippen LogP contribution in [0, 0.1) is 17.3 Å². The average molecular weight is 455 g/mol. The van der Waals surface area contributed by atoms with Crippen molar-refractivity contribution in [2.75, 3.05) is 0 Å². The van der Waals surface area contributed by atoms with E-state index in [0.717, 1.165) is 62.5 Å². The summed E-state index contributed by atoms with van der Waals surface area (Å²) >= 11 is 0. The van der Waals surface area contributed by atoms with Gasteiger partial charge in [0.15, 0.2) is 5.78 Å². The van der Waals surface area contributed by atoms with Gasteiger partial charge in [-0.05, 0) is 74.0 Å². The van der Waals surface area contributed by atoms with E-state index in [1.807, 2.05) is 19.1 Å². The van der Waals surface area contributed by atoms with E-state index in [4.69, 9.17) is 9.47 Å². The molecule has 0 amide bonds. The van der Waals surface area contributed by atoms with Gasteiger partial charge in [0.1, 0.15) is 11.9 Å². The van der Waals surface area contributed by atoms with Crippen LogP contribution in [0.2, 0.25) is 0 Å². The van der Waals surface area contributed by atoms with Crippen LogP contribution < -0.4 is 4.74 Å². The molecular weight excluding hydrogens is 416 g/mol. The van der Waals surface area contributed by atoms with Crippen LogP contribution in [0.4, 0.5) is 0 Å². The summed E-state index contributed by atoms with van der Waals surface area (Å²) in [5.74, 6) is 1.33. The Labute approximate surface area is 197 Å². The molecule has 5 nitrogen and oxygen atoms in total. The normalized spacial score (nSPS) is 30.2. The fourth-order valence-corrected chi connectivity index (χ4v) is 6.63. The van der Waals surface area contributed by atoms with Gasteiger partial charge in [-0.15, -0.1) is 0 Å². The van der Waals surface area contributed by atoms with E-state index < -0.39 is 0 Å². The SMILES string of the molecule is CCCCC(=O)Oc1ccc2c(c1)C(=O)CC1C2CCC2(C)C(OC(=O)CCCC)CCC12. The van der Waals surface area contributed by atoms with Gasteiger partial charge in [0.2, 0.25) is 0 Å². The number of ether oxygens (including phenoxy) is 2. The third-order valence-electron chi connectivity index (χ3n) is 8.47. The Balaban J connectivity index is 1.49. The molecule has 0 spiro atoms. The highest BCUT2D eigenvalue weighted by molar-refractivity contribution is 5.99. The average Bonchev–Trinajstić information content (AvgIpc) is 3.13. The third-order valence-corrected chi connectivity index (χ3v) is 8.47. The van der Waals surface area contributed by atoms with Crippen molar-refractivity contribution < 1.29 is 23.9 Å². The third kappa shape index (κ3) is 4.74. The smallest absolute Gasteiger partial charge is 0.311 e. The number of carbonyl (C=O) groups is 3. The van der Waals surface area contributed by atoms with E-state index in [9.17, 15) is 14.4 Å². The van der Waals surface area contributed by atoms with Gasteiger partial charge in [-0.2, -0.15) is 0 Å². The molecule has 5 heteroatoms. The van der Waals surface area contributed by atoms with Crippen LogP contribution in [0.5, 0.6) is 5.75 Å². The molecular formula is C28H38O5. The second-order valence-electron chi connectivity index (χ2n) is 10.5. The number of fused-ring (bicyclic) bond motifs is 5. The van der Waals surface area contributed by atoms with Crippen LogP contribution in [-0.4, -0.2) is 23.8 Å². The lowest BCUT2D eigenvalue weighted by Crippen LogP contribution is -2.46. The summed E-state index contributed by atoms with van der Waals surface area (Å²) in [7, 11) is 0. The van der Waals surface area contributed by atoms with E-state index >= 15 is 0 Å². The highest BCUT2D eigenvalue weighted by Crippen LogP contribution is 2.61. The van der Waals surface area contributed by atoms with Crippen molar-refractivity contribution in [2.24, 2.45) is 17.3 Å². The summed E-state index contributed by atoms with van der Waals surface area (Å²) in [6.07, 6.45) is 8.92. The van der Waals surface area contributed by atoms with Crippen LogP contribution in [0.3, 0.4) is 0 Å². The monoisotopic (exact) mass is 454 g/mol. The van der Waals surface area contributed by atoms with Gasteiger partial charge in [0.05, 0.1) is 0 Å². The maximum Gasteiger partial charge on any atom is 0.311 e. The predicted octanol–water partition coefficient (Wildman–Crippen LogP) is 6.38. The van der Waals surface area contributed by atoms with Gasteiger partial charge >= 0.3 is 11.9 Å². The molecule has 4 rings (SSSR count). The molecule has 0 radical (unpaired) electrons. The predicted molar refractivity (Wildman–Crippen MR) is 126 cm³/mol. The van der Waals surface area contributed by atoms with E-state index in [1.165, 1.54) is 0 Å². The minimum atomic E-state index is -0.239. The minimum Gasteiger partial charge on any atom is -0.462 e. The first kappa shape index (κ1) is 24.0. The zero-order chi connectivity index (χ0) is 23.6. The Bertz CT molecular complexity index is 906. The topological polar surface area (TPSA) is 69.7 Å². The molecule has 1 aromatic carbocycles. The van der Waals surface area contributed by atoms with Crippen molar-refractivity contribution in [1.29, 1.82) is 0 Å². The summed E-state index contributed by atoms with van der Waals surface area (Å²) in [4.78, 5) is 37.6. The zero-order valence-corrected chi connectivity index (χ0v) is 20.4. The van der Waals surface area contributed by atoms with Crippen LogP contribution in [0.15, 0.2) is 18.2 Å². The minimum absolute atomic E-state index is 0.0331. The Morgan fingerprint density at radius 2 is 1.76 bits per heavy atom. The molecule has 1 aromatic rings. The second-order valence-corrected chi connectivity index (χ2v) is 10.5. The quantitative estimate of drug-likeness (QED) is 0.337. The Kier molecular flexibility index (Phi) is 7.25. The standard InChI is InChI=1S/C28H38O5/c1-4-6-8-26(30)32-18-10-11-19-20-14-15-28(3)23(21(20)17-24(29)22(19)16-18)12-13-25(28)33-27(31)9-7-5-2/h10-11,16,20-21,23,25H,4-9,12-15,17H2,1-3H3. The largest absolute Gasteiger partial charge is 0.462 e. The van der Waals surface area contributed by atoms with Crippen LogP contribution in [0.1, 0.15) is 113 Å². The number of ketones is 1. The van der Waals surface area contributed by atoms with Gasteiger partial charge in [-0.1, -0.05) is 39.7 Å². The molecule has 3 aliphatic carbocycles. The first-order valence-corrected chi connectivity index (χ1v) is 12.9. The van der Waals surface area contributed by atoms with Crippen LogP contribution in [0.25, 0.3) is 0 Å². The molecule has 3 aliphatic rings. The number of unbranched alkanes of at least 4 members (excludes halogenated alkanes) is 2. The number of carbonyl (C=O) groups excluding carboxylic acids is 3. The summed E-state index contributed by atoms with van der Waals surface area (Å²) in [5.41, 5.74) is 1.78. The molecule has 2 fully saturated rings. The van der Waals surface area contributed by atoms with E-state index in [2.05, 4.69) is 13.8 Å². The molecule has 180 valence electrons. The van der Waals surface area contributed by atoms with Crippen LogP contribution >= 0.6 is 0 Å². The molecule has 0 aromatic heterocycles. The van der Waals surface area contributed by atoms with Crippen molar-refractivity contribution in [3.8, 4) is 5.75 Å². The molecule has 0 saturated heterocycles. The first-order valence-electron chi connectivity index (χ1n) is 12.9. The maximum atomic E-state index is 13.2. The van der Waals surface area contributed by atoms with Gasteiger partial charge in [-0.25, -0.2) is 0 Å². The molecule has 5 atom stereocenters. The second kappa shape index (κ2) is 9.99. The molecule has 0 heterocycles. The van der Waals surface area contributed by atoms with Gasteiger partial charge in [0.25, 0.3) is 0 Å². The number of benzene rings is 1. The molecule has 5 unspecified atom stereocenters. The van der Waals surface area contributed by atoms with Crippen molar-refractivity contribution in [1.82, 2.24) is 0 Å². The lowest BCUT2D eigenvalue weighted by Gasteiger charge is -2.50. The lowest BCUT2D eigenvalue weighted by molar-refractivity contribution is -0.157. The number of hydrogen-bond acceptors (Lipinski definition) is 5. The molecule has 0 N–H and O–H groups in total. The molecule has 0 bridgehead atoms. The summed E-state index contributed by atoms with van der Waals surface area (Å²) < 4.78 is 11.5. The number of esters is 2. The highest BCUT2D eigenvalue weighted by atomic mass is 16.5.